The van der Waals surface area contributed by atoms with Gasteiger partial charge in [-0.25, -0.2) is 15.0 Å². The minimum absolute atomic E-state index is 0.117. The monoisotopic (exact) mass is 440 g/mol. The van der Waals surface area contributed by atoms with Crippen molar-refractivity contribution in [2.45, 2.75) is 17.6 Å². The molecule has 30 heavy (non-hydrogen) atoms. The van der Waals surface area contributed by atoms with Crippen LogP contribution in [0, 0.1) is 0 Å². The predicted molar refractivity (Wildman–Crippen MR) is 117 cm³/mol. The summed E-state index contributed by atoms with van der Waals surface area (Å²) in [5.41, 5.74) is 1.75. The zero-order valence-electron chi connectivity index (χ0n) is 16.5. The number of hydrogen-bond acceptors (Lipinski definition) is 8. The summed E-state index contributed by atoms with van der Waals surface area (Å²) >= 11 is 2.90. The van der Waals surface area contributed by atoms with Crippen LogP contribution in [-0.2, 0) is 4.79 Å². The average molecular weight is 441 g/mol. The first-order valence-corrected chi connectivity index (χ1v) is 11.1. The summed E-state index contributed by atoms with van der Waals surface area (Å²) in [5.74, 6) is 1.31. The van der Waals surface area contributed by atoms with Crippen molar-refractivity contribution in [1.29, 1.82) is 0 Å². The molecule has 0 fully saturated rings. The van der Waals surface area contributed by atoms with E-state index in [9.17, 15) is 4.79 Å². The highest BCUT2D eigenvalue weighted by molar-refractivity contribution is 7.99. The lowest BCUT2D eigenvalue weighted by atomic mass is 9.99. The third-order valence-electron chi connectivity index (χ3n) is 4.63. The molecule has 2 aromatic heterocycles. The number of ether oxygens (including phenoxy) is 2. The maximum absolute atomic E-state index is 13.1. The van der Waals surface area contributed by atoms with Gasteiger partial charge in [-0.15, -0.1) is 11.3 Å². The Morgan fingerprint density at radius 2 is 2.00 bits per heavy atom. The number of thiophene rings is 1. The first-order valence-electron chi connectivity index (χ1n) is 9.25. The lowest BCUT2D eigenvalue weighted by Gasteiger charge is -2.24. The number of para-hydroxylation sites is 1. The van der Waals surface area contributed by atoms with Crippen LogP contribution in [0.1, 0.15) is 22.9 Å². The third kappa shape index (κ3) is 4.17. The van der Waals surface area contributed by atoms with E-state index in [2.05, 4.69) is 9.97 Å². The number of carbonyl (C=O) groups excluding carboxylic acids is 1. The number of benzene rings is 1. The number of rotatable bonds is 7. The lowest BCUT2D eigenvalue weighted by molar-refractivity contribution is -0.130. The molecule has 1 atom stereocenters. The predicted octanol–water partition coefficient (Wildman–Crippen LogP) is 4.03. The molecule has 0 spiro atoms. The van der Waals surface area contributed by atoms with E-state index in [1.54, 1.807) is 49.0 Å². The molecule has 4 rings (SSSR count). The summed E-state index contributed by atoms with van der Waals surface area (Å²) < 4.78 is 11.1. The fourth-order valence-electron chi connectivity index (χ4n) is 3.30. The van der Waals surface area contributed by atoms with Crippen molar-refractivity contribution in [3.05, 3.63) is 64.6 Å². The maximum atomic E-state index is 13.1. The van der Waals surface area contributed by atoms with Gasteiger partial charge in [0.25, 0.3) is 5.91 Å². The zero-order chi connectivity index (χ0) is 20.9. The fourth-order valence-corrected chi connectivity index (χ4v) is 4.68. The van der Waals surface area contributed by atoms with Crippen molar-refractivity contribution in [3.63, 3.8) is 0 Å². The molecule has 0 radical (unpaired) electrons. The number of nitrogens with zero attached hydrogens (tertiary/aromatic N) is 4. The second-order valence-electron chi connectivity index (χ2n) is 6.39. The molecule has 9 heteroatoms. The standard InChI is InChI=1S/C21H20N4O3S2/c1-27-17-7-3-6-14(20(17)28-2)16-12-15(18-8-4-11-29-18)24-25(16)19(26)13-30-21-22-9-5-10-23-21/h3-11,16H,12-13H2,1-2H3. The number of aromatic nitrogens is 2. The minimum atomic E-state index is -0.281. The molecule has 3 heterocycles. The molecule has 0 N–H and O–H groups in total. The van der Waals surface area contributed by atoms with Crippen LogP contribution in [0.4, 0.5) is 0 Å². The molecule has 1 amide bonds. The van der Waals surface area contributed by atoms with Crippen molar-refractivity contribution in [2.24, 2.45) is 5.10 Å². The topological polar surface area (TPSA) is 76.9 Å². The van der Waals surface area contributed by atoms with E-state index in [1.165, 1.54) is 11.8 Å². The molecule has 3 aromatic rings. The van der Waals surface area contributed by atoms with Crippen molar-refractivity contribution < 1.29 is 14.3 Å². The minimum Gasteiger partial charge on any atom is -0.493 e. The molecule has 1 aliphatic heterocycles. The van der Waals surface area contributed by atoms with Crippen LogP contribution in [0.3, 0.4) is 0 Å². The summed E-state index contributed by atoms with van der Waals surface area (Å²) in [4.78, 5) is 22.5. The molecule has 1 aromatic carbocycles. The quantitative estimate of drug-likeness (QED) is 0.408. The van der Waals surface area contributed by atoms with E-state index in [-0.39, 0.29) is 17.7 Å². The highest BCUT2D eigenvalue weighted by atomic mass is 32.2. The van der Waals surface area contributed by atoms with Gasteiger partial charge in [-0.05, 0) is 23.6 Å². The maximum Gasteiger partial charge on any atom is 0.253 e. The Hall–Kier alpha value is -2.91. The summed E-state index contributed by atoms with van der Waals surface area (Å²) in [6, 6.07) is 11.2. The first kappa shape index (κ1) is 20.4. The molecule has 0 aliphatic carbocycles. The van der Waals surface area contributed by atoms with Crippen molar-refractivity contribution in [2.75, 3.05) is 20.0 Å². The summed E-state index contributed by atoms with van der Waals surface area (Å²) in [5, 5.41) is 8.81. The van der Waals surface area contributed by atoms with Gasteiger partial charge in [-0.3, -0.25) is 4.79 Å². The summed E-state index contributed by atoms with van der Waals surface area (Å²) in [7, 11) is 3.20. The van der Waals surface area contributed by atoms with Crippen molar-refractivity contribution in [3.8, 4) is 11.5 Å². The van der Waals surface area contributed by atoms with Crippen LogP contribution in [0.5, 0.6) is 11.5 Å². The second kappa shape index (κ2) is 9.27. The van der Waals surface area contributed by atoms with E-state index in [4.69, 9.17) is 14.6 Å². The van der Waals surface area contributed by atoms with Crippen LogP contribution in [0.25, 0.3) is 0 Å². The molecule has 1 aliphatic rings. The molecular weight excluding hydrogens is 420 g/mol. The smallest absolute Gasteiger partial charge is 0.253 e. The van der Waals surface area contributed by atoms with Gasteiger partial charge in [0.15, 0.2) is 16.7 Å². The van der Waals surface area contributed by atoms with Crippen LogP contribution < -0.4 is 9.47 Å². The van der Waals surface area contributed by atoms with Gasteiger partial charge < -0.3 is 9.47 Å². The Balaban J connectivity index is 1.64. The number of hydrogen-bond donors (Lipinski definition) is 0. The van der Waals surface area contributed by atoms with Gasteiger partial charge in [0, 0.05) is 24.4 Å². The van der Waals surface area contributed by atoms with E-state index in [0.29, 0.717) is 23.1 Å². The molecule has 0 saturated carbocycles. The van der Waals surface area contributed by atoms with Gasteiger partial charge >= 0.3 is 0 Å². The highest BCUT2D eigenvalue weighted by Gasteiger charge is 2.35. The van der Waals surface area contributed by atoms with Crippen molar-refractivity contribution >= 4 is 34.7 Å². The Kier molecular flexibility index (Phi) is 6.29. The first-order chi connectivity index (χ1) is 14.7. The Morgan fingerprint density at radius 1 is 1.17 bits per heavy atom. The number of hydrazone groups is 1. The van der Waals surface area contributed by atoms with Gasteiger partial charge in [-0.1, -0.05) is 30.0 Å². The number of amides is 1. The summed E-state index contributed by atoms with van der Waals surface area (Å²) in [6.07, 6.45) is 3.92. The van der Waals surface area contributed by atoms with E-state index >= 15 is 0 Å². The lowest BCUT2D eigenvalue weighted by Crippen LogP contribution is -2.29. The van der Waals surface area contributed by atoms with Crippen LogP contribution >= 0.6 is 23.1 Å². The van der Waals surface area contributed by atoms with Crippen molar-refractivity contribution in [1.82, 2.24) is 15.0 Å². The second-order valence-corrected chi connectivity index (χ2v) is 8.28. The Morgan fingerprint density at radius 3 is 2.70 bits per heavy atom. The Labute approximate surface area is 182 Å². The van der Waals surface area contributed by atoms with E-state index in [1.807, 2.05) is 35.7 Å². The zero-order valence-corrected chi connectivity index (χ0v) is 18.2. The molecule has 0 bridgehead atoms. The van der Waals surface area contributed by atoms with Gasteiger partial charge in [-0.2, -0.15) is 5.10 Å². The fraction of sp³-hybridized carbons (Fsp3) is 0.238. The van der Waals surface area contributed by atoms with Crippen LogP contribution in [0.15, 0.2) is 64.4 Å². The van der Waals surface area contributed by atoms with Gasteiger partial charge in [0.05, 0.1) is 36.6 Å². The molecule has 1 unspecified atom stereocenters. The van der Waals surface area contributed by atoms with E-state index in [0.717, 1.165) is 16.2 Å². The number of thioether (sulfide) groups is 1. The summed E-state index contributed by atoms with van der Waals surface area (Å²) in [6.45, 7) is 0. The Bertz CT molecular complexity index is 1040. The van der Waals surface area contributed by atoms with Gasteiger partial charge in [0.1, 0.15) is 0 Å². The highest BCUT2D eigenvalue weighted by Crippen LogP contribution is 2.42. The van der Waals surface area contributed by atoms with Crippen LogP contribution in [-0.4, -0.2) is 46.6 Å². The van der Waals surface area contributed by atoms with Gasteiger partial charge in [0.2, 0.25) is 0 Å². The number of methoxy groups -OCH3 is 2. The normalized spacial score (nSPS) is 15.7. The molecule has 0 saturated heterocycles. The van der Waals surface area contributed by atoms with E-state index < -0.39 is 0 Å². The number of carbonyl (C=O) groups is 1. The van der Waals surface area contributed by atoms with Crippen LogP contribution in [0.2, 0.25) is 0 Å². The SMILES string of the molecule is COc1cccc(C2CC(c3cccs3)=NN2C(=O)CSc2ncccn2)c1OC. The average Bonchev–Trinajstić information content (AvgIpc) is 3.47. The third-order valence-corrected chi connectivity index (χ3v) is 6.41. The molecular formula is C21H20N4O3S2. The largest absolute Gasteiger partial charge is 0.493 e. The molecule has 154 valence electrons. The molecule has 7 nitrogen and oxygen atoms in total.